The first-order valence-electron chi connectivity index (χ1n) is 5.59. The Morgan fingerprint density at radius 2 is 1.70 bits per heavy atom. The van der Waals surface area contributed by atoms with Crippen molar-refractivity contribution in [3.8, 4) is 0 Å². The van der Waals surface area contributed by atoms with E-state index >= 15 is 0 Å². The molecule has 0 bridgehead atoms. The molecule has 0 heterocycles. The minimum Gasteiger partial charge on any atom is -0.379 e. The van der Waals surface area contributed by atoms with Gasteiger partial charge in [-0.15, -0.1) is 0 Å². The number of nitro benzene ring substituents is 1. The Labute approximate surface area is 124 Å². The second-order valence-electron chi connectivity index (χ2n) is 4.02. The summed E-state index contributed by atoms with van der Waals surface area (Å²) in [7, 11) is 0. The monoisotopic (exact) mass is 314 g/mol. The van der Waals surface area contributed by atoms with Gasteiger partial charge >= 0.3 is 0 Å². The summed E-state index contributed by atoms with van der Waals surface area (Å²) in [5.74, 6) is -0.513. The normalized spacial score (nSPS) is 10.3. The summed E-state index contributed by atoms with van der Waals surface area (Å²) < 4.78 is 13.0. The lowest BCUT2D eigenvalue weighted by Crippen LogP contribution is -2.01. The molecule has 0 fully saturated rings. The second kappa shape index (κ2) is 6.07. The SMILES string of the molecule is O=[N+]([O-])c1ccc(CNc2c(Cl)cc(F)cc2Cl)cc1. The Hall–Kier alpha value is -1.85. The molecule has 0 radical (unpaired) electrons. The number of nitrogens with one attached hydrogen (secondary N) is 1. The fourth-order valence-electron chi connectivity index (χ4n) is 1.64. The van der Waals surface area contributed by atoms with E-state index in [1.54, 1.807) is 12.1 Å². The number of benzene rings is 2. The second-order valence-corrected chi connectivity index (χ2v) is 4.84. The smallest absolute Gasteiger partial charge is 0.269 e. The molecule has 2 aromatic carbocycles. The highest BCUT2D eigenvalue weighted by molar-refractivity contribution is 6.39. The minimum atomic E-state index is -0.513. The van der Waals surface area contributed by atoms with E-state index in [0.717, 1.165) is 17.7 Å². The third-order valence-corrected chi connectivity index (χ3v) is 3.22. The van der Waals surface area contributed by atoms with Gasteiger partial charge in [0.25, 0.3) is 5.69 Å². The van der Waals surface area contributed by atoms with Gasteiger partial charge in [0, 0.05) is 18.7 Å². The van der Waals surface area contributed by atoms with E-state index in [1.807, 2.05) is 0 Å². The maximum Gasteiger partial charge on any atom is 0.269 e. The number of hydrogen-bond donors (Lipinski definition) is 1. The molecule has 0 aliphatic heterocycles. The van der Waals surface area contributed by atoms with Crippen LogP contribution in [0.3, 0.4) is 0 Å². The summed E-state index contributed by atoms with van der Waals surface area (Å²) in [5, 5.41) is 13.9. The van der Waals surface area contributed by atoms with Gasteiger partial charge < -0.3 is 5.32 Å². The Balaban J connectivity index is 2.11. The van der Waals surface area contributed by atoms with Crippen LogP contribution in [0.5, 0.6) is 0 Å². The maximum absolute atomic E-state index is 13.0. The fraction of sp³-hybridized carbons (Fsp3) is 0.0769. The molecule has 20 heavy (non-hydrogen) atoms. The number of rotatable bonds is 4. The van der Waals surface area contributed by atoms with Crippen LogP contribution in [0, 0.1) is 15.9 Å². The highest BCUT2D eigenvalue weighted by atomic mass is 35.5. The summed E-state index contributed by atoms with van der Waals surface area (Å²) in [5.41, 5.74) is 1.26. The zero-order valence-electron chi connectivity index (χ0n) is 10.1. The average Bonchev–Trinajstić information content (AvgIpc) is 2.38. The minimum absolute atomic E-state index is 0.0200. The lowest BCUT2D eigenvalue weighted by Gasteiger charge is -2.10. The van der Waals surface area contributed by atoms with Gasteiger partial charge in [-0.1, -0.05) is 35.3 Å². The van der Waals surface area contributed by atoms with Crippen LogP contribution >= 0.6 is 23.2 Å². The van der Waals surface area contributed by atoms with Crippen molar-refractivity contribution in [2.45, 2.75) is 6.54 Å². The van der Waals surface area contributed by atoms with Crippen molar-refractivity contribution in [2.75, 3.05) is 5.32 Å². The molecule has 0 saturated heterocycles. The number of hydrogen-bond acceptors (Lipinski definition) is 3. The van der Waals surface area contributed by atoms with E-state index in [0.29, 0.717) is 12.2 Å². The molecule has 0 saturated carbocycles. The summed E-state index contributed by atoms with van der Waals surface area (Å²) >= 11 is 11.8. The average molecular weight is 315 g/mol. The van der Waals surface area contributed by atoms with Crippen LogP contribution in [0.4, 0.5) is 15.8 Å². The van der Waals surface area contributed by atoms with E-state index in [9.17, 15) is 14.5 Å². The topological polar surface area (TPSA) is 55.2 Å². The summed E-state index contributed by atoms with van der Waals surface area (Å²) in [6.45, 7) is 0.364. The van der Waals surface area contributed by atoms with Gasteiger partial charge in [-0.3, -0.25) is 10.1 Å². The Bertz CT molecular complexity index is 624. The molecule has 2 aromatic rings. The van der Waals surface area contributed by atoms with Crippen molar-refractivity contribution in [2.24, 2.45) is 0 Å². The molecule has 0 aliphatic rings. The zero-order valence-corrected chi connectivity index (χ0v) is 11.6. The lowest BCUT2D eigenvalue weighted by molar-refractivity contribution is -0.384. The molecule has 0 aliphatic carbocycles. The molecule has 0 spiro atoms. The Kier molecular flexibility index (Phi) is 4.42. The van der Waals surface area contributed by atoms with Crippen molar-refractivity contribution in [1.82, 2.24) is 0 Å². The van der Waals surface area contributed by atoms with Crippen molar-refractivity contribution >= 4 is 34.6 Å². The molecule has 0 atom stereocenters. The van der Waals surface area contributed by atoms with Crippen LogP contribution < -0.4 is 5.32 Å². The van der Waals surface area contributed by atoms with E-state index in [2.05, 4.69) is 5.32 Å². The van der Waals surface area contributed by atoms with E-state index in [4.69, 9.17) is 23.2 Å². The first-order chi connectivity index (χ1) is 9.47. The standard InChI is InChI=1S/C13H9Cl2FN2O2/c14-11-5-9(16)6-12(15)13(11)17-7-8-1-3-10(4-2-8)18(19)20/h1-6,17H,7H2. The molecule has 0 unspecified atom stereocenters. The fourth-order valence-corrected chi connectivity index (χ4v) is 2.23. The Morgan fingerprint density at radius 1 is 1.15 bits per heavy atom. The molecule has 7 heteroatoms. The predicted octanol–water partition coefficient (Wildman–Crippen LogP) is 4.65. The van der Waals surface area contributed by atoms with Gasteiger partial charge in [0.15, 0.2) is 0 Å². The van der Waals surface area contributed by atoms with Gasteiger partial charge in [0.05, 0.1) is 20.7 Å². The quantitative estimate of drug-likeness (QED) is 0.660. The van der Waals surface area contributed by atoms with E-state index in [-0.39, 0.29) is 15.7 Å². The predicted molar refractivity (Wildman–Crippen MR) is 76.8 cm³/mol. The Morgan fingerprint density at radius 3 is 2.20 bits per heavy atom. The van der Waals surface area contributed by atoms with Gasteiger partial charge in [0.1, 0.15) is 5.82 Å². The molecule has 104 valence electrons. The van der Waals surface area contributed by atoms with Crippen molar-refractivity contribution in [3.63, 3.8) is 0 Å². The van der Waals surface area contributed by atoms with E-state index < -0.39 is 10.7 Å². The van der Waals surface area contributed by atoms with Crippen molar-refractivity contribution in [3.05, 3.63) is 67.9 Å². The van der Waals surface area contributed by atoms with Crippen molar-refractivity contribution < 1.29 is 9.31 Å². The highest BCUT2D eigenvalue weighted by Gasteiger charge is 2.09. The third-order valence-electron chi connectivity index (χ3n) is 2.62. The van der Waals surface area contributed by atoms with Crippen LogP contribution in [-0.2, 0) is 6.54 Å². The van der Waals surface area contributed by atoms with Gasteiger partial charge in [-0.25, -0.2) is 4.39 Å². The van der Waals surface area contributed by atoms with Crippen LogP contribution in [0.2, 0.25) is 10.0 Å². The van der Waals surface area contributed by atoms with E-state index in [1.165, 1.54) is 12.1 Å². The van der Waals surface area contributed by atoms with Gasteiger partial charge in [0.2, 0.25) is 0 Å². The van der Waals surface area contributed by atoms with Gasteiger partial charge in [-0.2, -0.15) is 0 Å². The molecular weight excluding hydrogens is 306 g/mol. The van der Waals surface area contributed by atoms with Crippen molar-refractivity contribution in [1.29, 1.82) is 0 Å². The molecular formula is C13H9Cl2FN2O2. The summed E-state index contributed by atoms with van der Waals surface area (Å²) in [6, 6.07) is 8.37. The molecule has 2 rings (SSSR count). The van der Waals surface area contributed by atoms with Crippen LogP contribution in [-0.4, -0.2) is 4.92 Å². The van der Waals surface area contributed by atoms with Crippen LogP contribution in [0.15, 0.2) is 36.4 Å². The highest BCUT2D eigenvalue weighted by Crippen LogP contribution is 2.31. The lowest BCUT2D eigenvalue weighted by atomic mass is 10.2. The zero-order chi connectivity index (χ0) is 14.7. The number of halogens is 3. The van der Waals surface area contributed by atoms with Crippen LogP contribution in [0.25, 0.3) is 0 Å². The molecule has 4 nitrogen and oxygen atoms in total. The first-order valence-corrected chi connectivity index (χ1v) is 6.34. The van der Waals surface area contributed by atoms with Gasteiger partial charge in [-0.05, 0) is 17.7 Å². The number of non-ortho nitro benzene ring substituents is 1. The summed E-state index contributed by atoms with van der Waals surface area (Å²) in [4.78, 5) is 10.1. The molecule has 1 N–H and O–H groups in total. The number of nitro groups is 1. The van der Waals surface area contributed by atoms with Crippen LogP contribution in [0.1, 0.15) is 5.56 Å². The summed E-state index contributed by atoms with van der Waals surface area (Å²) in [6.07, 6.45) is 0. The molecule has 0 aromatic heterocycles. The maximum atomic E-state index is 13.0. The molecule has 0 amide bonds. The number of nitrogens with zero attached hydrogens (tertiary/aromatic N) is 1. The third kappa shape index (κ3) is 3.37. The number of anilines is 1. The largest absolute Gasteiger partial charge is 0.379 e. The first kappa shape index (κ1) is 14.6.